The average molecular weight is 276 g/mol. The Kier molecular flexibility index (Phi) is 5.53. The van der Waals surface area contributed by atoms with E-state index in [1.165, 1.54) is 12.1 Å². The normalized spacial score (nSPS) is 12.7. The van der Waals surface area contributed by atoms with Crippen LogP contribution in [-0.4, -0.2) is 43.3 Å². The molecule has 0 amide bonds. The second kappa shape index (κ2) is 6.68. The maximum atomic E-state index is 13.1. The van der Waals surface area contributed by atoms with E-state index in [0.29, 0.717) is 18.7 Å². The number of aliphatic carboxylic acids is 1. The van der Waals surface area contributed by atoms with Crippen molar-refractivity contribution in [2.75, 3.05) is 27.3 Å². The monoisotopic (exact) mass is 275 g/mol. The van der Waals surface area contributed by atoms with Gasteiger partial charge in [-0.3, -0.25) is 9.69 Å². The molecule has 0 fully saturated rings. The smallest absolute Gasteiger partial charge is 0.325 e. The SMILES string of the molecule is COCCN(C)[C@@H](C(=O)O)c1ccc(F)c(Cl)c1. The van der Waals surface area contributed by atoms with Gasteiger partial charge >= 0.3 is 5.97 Å². The number of carboxylic acid groups (broad SMARTS) is 1. The van der Waals surface area contributed by atoms with Crippen LogP contribution in [0.1, 0.15) is 11.6 Å². The Balaban J connectivity index is 2.97. The summed E-state index contributed by atoms with van der Waals surface area (Å²) in [6, 6.07) is 3.04. The van der Waals surface area contributed by atoms with Crippen molar-refractivity contribution >= 4 is 17.6 Å². The van der Waals surface area contributed by atoms with E-state index >= 15 is 0 Å². The lowest BCUT2D eigenvalue weighted by molar-refractivity contribution is -0.143. The topological polar surface area (TPSA) is 49.8 Å². The largest absolute Gasteiger partial charge is 0.480 e. The number of rotatable bonds is 6. The number of likely N-dealkylation sites (N-methyl/N-ethyl adjacent to an activating group) is 1. The second-order valence-corrected chi connectivity index (χ2v) is 4.29. The second-order valence-electron chi connectivity index (χ2n) is 3.89. The van der Waals surface area contributed by atoms with Crippen molar-refractivity contribution in [2.24, 2.45) is 0 Å². The van der Waals surface area contributed by atoms with Crippen molar-refractivity contribution in [1.82, 2.24) is 4.90 Å². The van der Waals surface area contributed by atoms with E-state index in [9.17, 15) is 14.3 Å². The molecule has 6 heteroatoms. The van der Waals surface area contributed by atoms with Gasteiger partial charge < -0.3 is 9.84 Å². The van der Waals surface area contributed by atoms with Gasteiger partial charge in [0, 0.05) is 13.7 Å². The Labute approximate surface area is 110 Å². The first kappa shape index (κ1) is 14.9. The molecule has 1 aromatic carbocycles. The molecule has 0 bridgehead atoms. The van der Waals surface area contributed by atoms with Crippen LogP contribution in [0.4, 0.5) is 4.39 Å². The molecule has 100 valence electrons. The van der Waals surface area contributed by atoms with Gasteiger partial charge in [0.15, 0.2) is 0 Å². The third-order valence-electron chi connectivity index (χ3n) is 2.58. The summed E-state index contributed by atoms with van der Waals surface area (Å²) >= 11 is 5.66. The van der Waals surface area contributed by atoms with E-state index < -0.39 is 17.8 Å². The average Bonchev–Trinajstić information content (AvgIpc) is 2.31. The fourth-order valence-electron chi connectivity index (χ4n) is 1.63. The lowest BCUT2D eigenvalue weighted by Crippen LogP contribution is -2.33. The number of carboxylic acids is 1. The van der Waals surface area contributed by atoms with Crippen molar-refractivity contribution in [2.45, 2.75) is 6.04 Å². The standard InChI is InChI=1S/C12H15ClFNO3/c1-15(5-6-18-2)11(12(16)17)8-3-4-10(14)9(13)7-8/h3-4,7,11H,5-6H2,1-2H3,(H,16,17)/t11-/m1/s1. The van der Waals surface area contributed by atoms with Gasteiger partial charge in [-0.2, -0.15) is 0 Å². The molecule has 0 heterocycles. The summed E-state index contributed by atoms with van der Waals surface area (Å²) in [6.07, 6.45) is 0. The molecule has 0 aliphatic carbocycles. The summed E-state index contributed by atoms with van der Waals surface area (Å²) in [7, 11) is 3.20. The Morgan fingerprint density at radius 3 is 2.78 bits per heavy atom. The van der Waals surface area contributed by atoms with Crippen LogP contribution in [0.3, 0.4) is 0 Å². The maximum absolute atomic E-state index is 13.1. The van der Waals surface area contributed by atoms with Crippen molar-refractivity contribution in [1.29, 1.82) is 0 Å². The summed E-state index contributed by atoms with van der Waals surface area (Å²) in [4.78, 5) is 12.9. The van der Waals surface area contributed by atoms with Gasteiger partial charge in [-0.1, -0.05) is 17.7 Å². The number of nitrogens with zero attached hydrogens (tertiary/aromatic N) is 1. The van der Waals surface area contributed by atoms with E-state index in [1.54, 1.807) is 19.1 Å². The fraction of sp³-hybridized carbons (Fsp3) is 0.417. The maximum Gasteiger partial charge on any atom is 0.325 e. The Morgan fingerprint density at radius 1 is 1.61 bits per heavy atom. The molecule has 1 atom stereocenters. The third-order valence-corrected chi connectivity index (χ3v) is 2.87. The summed E-state index contributed by atoms with van der Waals surface area (Å²) < 4.78 is 18.0. The highest BCUT2D eigenvalue weighted by Gasteiger charge is 2.25. The Bertz CT molecular complexity index is 428. The van der Waals surface area contributed by atoms with Gasteiger partial charge in [0.2, 0.25) is 0 Å². The lowest BCUT2D eigenvalue weighted by atomic mass is 10.1. The number of halogens is 2. The van der Waals surface area contributed by atoms with Crippen LogP contribution in [0, 0.1) is 5.82 Å². The first-order valence-corrected chi connectivity index (χ1v) is 5.72. The van der Waals surface area contributed by atoms with Crippen LogP contribution in [0.5, 0.6) is 0 Å². The molecule has 0 aliphatic heterocycles. The molecule has 0 unspecified atom stereocenters. The predicted octanol–water partition coefficient (Wildman–Crippen LogP) is 2.18. The number of hydrogen-bond donors (Lipinski definition) is 1. The minimum atomic E-state index is -1.02. The van der Waals surface area contributed by atoms with Crippen LogP contribution in [0.2, 0.25) is 5.02 Å². The molecule has 0 radical (unpaired) electrons. The molecule has 1 aromatic rings. The molecule has 0 aromatic heterocycles. The van der Waals surface area contributed by atoms with E-state index in [-0.39, 0.29) is 5.02 Å². The Hall–Kier alpha value is -1.17. The highest BCUT2D eigenvalue weighted by atomic mass is 35.5. The quantitative estimate of drug-likeness (QED) is 0.865. The van der Waals surface area contributed by atoms with Gasteiger partial charge in [-0.25, -0.2) is 4.39 Å². The molecule has 0 spiro atoms. The van der Waals surface area contributed by atoms with Gasteiger partial charge in [0.25, 0.3) is 0 Å². The zero-order valence-electron chi connectivity index (χ0n) is 10.2. The van der Waals surface area contributed by atoms with E-state index in [1.807, 2.05) is 0 Å². The lowest BCUT2D eigenvalue weighted by Gasteiger charge is -2.24. The highest BCUT2D eigenvalue weighted by Crippen LogP contribution is 2.24. The number of hydrogen-bond acceptors (Lipinski definition) is 3. The minimum Gasteiger partial charge on any atom is -0.480 e. The predicted molar refractivity (Wildman–Crippen MR) is 66.3 cm³/mol. The molecule has 0 saturated carbocycles. The summed E-state index contributed by atoms with van der Waals surface area (Å²) in [6.45, 7) is 0.859. The van der Waals surface area contributed by atoms with Gasteiger partial charge in [-0.05, 0) is 24.7 Å². The van der Waals surface area contributed by atoms with Crippen LogP contribution in [0.15, 0.2) is 18.2 Å². The molecule has 0 aliphatic rings. The number of carbonyl (C=O) groups is 1. The zero-order valence-corrected chi connectivity index (χ0v) is 10.9. The first-order valence-electron chi connectivity index (χ1n) is 5.34. The van der Waals surface area contributed by atoms with Crippen molar-refractivity contribution in [3.8, 4) is 0 Å². The van der Waals surface area contributed by atoms with Crippen LogP contribution >= 0.6 is 11.6 Å². The number of methoxy groups -OCH3 is 1. The van der Waals surface area contributed by atoms with Crippen LogP contribution < -0.4 is 0 Å². The van der Waals surface area contributed by atoms with Crippen LogP contribution in [0.25, 0.3) is 0 Å². The van der Waals surface area contributed by atoms with Gasteiger partial charge in [0.05, 0.1) is 11.6 Å². The van der Waals surface area contributed by atoms with Crippen LogP contribution in [-0.2, 0) is 9.53 Å². The van der Waals surface area contributed by atoms with Gasteiger partial charge in [-0.15, -0.1) is 0 Å². The molecular weight excluding hydrogens is 261 g/mol. The van der Waals surface area contributed by atoms with E-state index in [4.69, 9.17) is 16.3 Å². The molecule has 0 saturated heterocycles. The molecule has 1 rings (SSSR count). The Morgan fingerprint density at radius 2 is 2.28 bits per heavy atom. The molecule has 1 N–H and O–H groups in total. The first-order chi connectivity index (χ1) is 8.47. The minimum absolute atomic E-state index is 0.0844. The van der Waals surface area contributed by atoms with Crippen molar-refractivity contribution in [3.63, 3.8) is 0 Å². The van der Waals surface area contributed by atoms with Crippen molar-refractivity contribution < 1.29 is 19.0 Å². The summed E-state index contributed by atoms with van der Waals surface area (Å²) in [5.41, 5.74) is 0.438. The fourth-order valence-corrected chi connectivity index (χ4v) is 1.82. The van der Waals surface area contributed by atoms with Gasteiger partial charge in [0.1, 0.15) is 11.9 Å². The summed E-state index contributed by atoms with van der Waals surface area (Å²) in [5, 5.41) is 9.15. The van der Waals surface area contributed by atoms with E-state index in [2.05, 4.69) is 0 Å². The number of ether oxygens (including phenoxy) is 1. The highest BCUT2D eigenvalue weighted by molar-refractivity contribution is 6.30. The molecule has 4 nitrogen and oxygen atoms in total. The van der Waals surface area contributed by atoms with Crippen molar-refractivity contribution in [3.05, 3.63) is 34.6 Å². The zero-order chi connectivity index (χ0) is 13.7. The molecule has 18 heavy (non-hydrogen) atoms. The van der Waals surface area contributed by atoms with E-state index in [0.717, 1.165) is 6.07 Å². The number of benzene rings is 1. The molecular formula is C12H15ClFNO3. The summed E-state index contributed by atoms with van der Waals surface area (Å²) in [5.74, 6) is -1.58. The third kappa shape index (κ3) is 3.66.